The highest BCUT2D eigenvalue weighted by molar-refractivity contribution is 9.10. The minimum atomic E-state index is 0.701. The first-order valence-electron chi connectivity index (χ1n) is 4.95. The molecule has 82 valence electrons. The summed E-state index contributed by atoms with van der Waals surface area (Å²) in [5, 5.41) is 0. The smallest absolute Gasteiger partial charge is 0.122 e. The molecule has 0 saturated carbocycles. The number of hydrogen-bond acceptors (Lipinski definition) is 2. The molecule has 0 aliphatic rings. The van der Waals surface area contributed by atoms with Crippen molar-refractivity contribution in [1.82, 2.24) is 0 Å². The quantitative estimate of drug-likeness (QED) is 0.835. The third kappa shape index (κ3) is 4.06. The summed E-state index contributed by atoms with van der Waals surface area (Å²) in [6.45, 7) is 0.701. The Morgan fingerprint density at radius 1 is 1.40 bits per heavy atom. The van der Waals surface area contributed by atoms with Gasteiger partial charge in [-0.25, -0.2) is 0 Å². The van der Waals surface area contributed by atoms with Crippen molar-refractivity contribution >= 4 is 15.9 Å². The van der Waals surface area contributed by atoms with Crippen LogP contribution in [0.2, 0.25) is 0 Å². The van der Waals surface area contributed by atoms with Gasteiger partial charge in [0.25, 0.3) is 0 Å². The molecule has 0 bridgehead atoms. The minimum Gasteiger partial charge on any atom is -0.496 e. The zero-order valence-corrected chi connectivity index (χ0v) is 10.5. The second-order valence-electron chi connectivity index (χ2n) is 3.21. The maximum Gasteiger partial charge on any atom is 0.122 e. The highest BCUT2D eigenvalue weighted by Gasteiger charge is 2.00. The maximum atomic E-state index is 5.40. The van der Waals surface area contributed by atoms with Crippen LogP contribution in [0.3, 0.4) is 0 Å². The zero-order chi connectivity index (χ0) is 11.1. The number of benzene rings is 1. The molecule has 0 amide bonds. The van der Waals surface area contributed by atoms with Crippen LogP contribution in [0.15, 0.2) is 34.8 Å². The molecule has 0 atom stereocenters. The van der Waals surface area contributed by atoms with Gasteiger partial charge in [0, 0.05) is 4.47 Å². The SMILES string of the molecule is COc1ccc(Br)cc1CC=CCCN. The molecule has 0 spiro atoms. The van der Waals surface area contributed by atoms with Crippen molar-refractivity contribution in [3.8, 4) is 5.75 Å². The van der Waals surface area contributed by atoms with Crippen molar-refractivity contribution < 1.29 is 4.74 Å². The van der Waals surface area contributed by atoms with E-state index in [1.807, 2.05) is 12.1 Å². The molecule has 0 radical (unpaired) electrons. The molecular weight excluding hydrogens is 254 g/mol. The molecule has 2 nitrogen and oxygen atoms in total. The minimum absolute atomic E-state index is 0.701. The number of methoxy groups -OCH3 is 1. The molecule has 0 heterocycles. The Hall–Kier alpha value is -0.800. The van der Waals surface area contributed by atoms with Crippen molar-refractivity contribution in [3.05, 3.63) is 40.4 Å². The molecule has 15 heavy (non-hydrogen) atoms. The summed E-state index contributed by atoms with van der Waals surface area (Å²) in [4.78, 5) is 0. The highest BCUT2D eigenvalue weighted by Crippen LogP contribution is 2.23. The Morgan fingerprint density at radius 2 is 2.20 bits per heavy atom. The predicted octanol–water partition coefficient (Wildman–Crippen LogP) is 2.91. The lowest BCUT2D eigenvalue weighted by molar-refractivity contribution is 0.410. The third-order valence-electron chi connectivity index (χ3n) is 2.08. The van der Waals surface area contributed by atoms with E-state index in [4.69, 9.17) is 10.5 Å². The van der Waals surface area contributed by atoms with E-state index in [0.29, 0.717) is 6.54 Å². The fourth-order valence-electron chi connectivity index (χ4n) is 1.33. The van der Waals surface area contributed by atoms with Crippen molar-refractivity contribution in [2.45, 2.75) is 12.8 Å². The lowest BCUT2D eigenvalue weighted by atomic mass is 10.1. The van der Waals surface area contributed by atoms with Gasteiger partial charge in [-0.2, -0.15) is 0 Å². The van der Waals surface area contributed by atoms with Crippen LogP contribution in [-0.4, -0.2) is 13.7 Å². The maximum absolute atomic E-state index is 5.40. The van der Waals surface area contributed by atoms with Gasteiger partial charge in [0.15, 0.2) is 0 Å². The van der Waals surface area contributed by atoms with Crippen molar-refractivity contribution in [2.24, 2.45) is 5.73 Å². The van der Waals surface area contributed by atoms with Crippen LogP contribution in [0.1, 0.15) is 12.0 Å². The summed E-state index contributed by atoms with van der Waals surface area (Å²) in [6, 6.07) is 6.02. The zero-order valence-electron chi connectivity index (χ0n) is 8.87. The van der Waals surface area contributed by atoms with Gasteiger partial charge >= 0.3 is 0 Å². The summed E-state index contributed by atoms with van der Waals surface area (Å²) in [6.07, 6.45) is 6.02. The molecular formula is C12H16BrNO. The van der Waals surface area contributed by atoms with E-state index < -0.39 is 0 Å². The summed E-state index contributed by atoms with van der Waals surface area (Å²) >= 11 is 3.45. The van der Waals surface area contributed by atoms with Gasteiger partial charge < -0.3 is 10.5 Å². The van der Waals surface area contributed by atoms with E-state index in [-0.39, 0.29) is 0 Å². The lowest BCUT2D eigenvalue weighted by Crippen LogP contribution is -1.95. The van der Waals surface area contributed by atoms with Crippen molar-refractivity contribution in [3.63, 3.8) is 0 Å². The van der Waals surface area contributed by atoms with Crippen molar-refractivity contribution in [2.75, 3.05) is 13.7 Å². The van der Waals surface area contributed by atoms with Gasteiger partial charge in [-0.15, -0.1) is 0 Å². The van der Waals surface area contributed by atoms with E-state index in [2.05, 4.69) is 34.1 Å². The molecule has 0 aliphatic heterocycles. The molecule has 0 fully saturated rings. The Bertz CT molecular complexity index is 336. The van der Waals surface area contributed by atoms with Gasteiger partial charge in [0.1, 0.15) is 5.75 Å². The molecule has 0 aromatic heterocycles. The summed E-state index contributed by atoms with van der Waals surface area (Å²) in [5.74, 6) is 0.926. The van der Waals surface area contributed by atoms with Gasteiger partial charge in [0.2, 0.25) is 0 Å². The Morgan fingerprint density at radius 3 is 2.87 bits per heavy atom. The second kappa shape index (κ2) is 6.64. The summed E-state index contributed by atoms with van der Waals surface area (Å²) in [7, 11) is 1.69. The third-order valence-corrected chi connectivity index (χ3v) is 2.57. The first-order valence-corrected chi connectivity index (χ1v) is 5.74. The number of ether oxygens (including phenoxy) is 1. The molecule has 3 heteroatoms. The topological polar surface area (TPSA) is 35.2 Å². The number of hydrogen-bond donors (Lipinski definition) is 1. The van der Waals surface area contributed by atoms with E-state index in [0.717, 1.165) is 23.1 Å². The van der Waals surface area contributed by atoms with E-state index in [1.54, 1.807) is 7.11 Å². The van der Waals surface area contributed by atoms with Gasteiger partial charge in [-0.3, -0.25) is 0 Å². The number of rotatable bonds is 5. The largest absolute Gasteiger partial charge is 0.496 e. The van der Waals surface area contributed by atoms with Gasteiger partial charge in [-0.1, -0.05) is 28.1 Å². The van der Waals surface area contributed by atoms with Crippen LogP contribution in [0.25, 0.3) is 0 Å². The summed E-state index contributed by atoms with van der Waals surface area (Å²) in [5.41, 5.74) is 6.59. The normalized spacial score (nSPS) is 10.9. The van der Waals surface area contributed by atoms with Crippen LogP contribution in [-0.2, 0) is 6.42 Å². The molecule has 1 aromatic rings. The summed E-state index contributed by atoms with van der Waals surface area (Å²) < 4.78 is 6.35. The lowest BCUT2D eigenvalue weighted by Gasteiger charge is -2.06. The van der Waals surface area contributed by atoms with Crippen LogP contribution in [0.5, 0.6) is 5.75 Å². The Labute approximate surface area is 99.3 Å². The first kappa shape index (κ1) is 12.3. The molecule has 0 aliphatic carbocycles. The van der Waals surface area contributed by atoms with Crippen LogP contribution in [0, 0.1) is 0 Å². The van der Waals surface area contributed by atoms with E-state index in [9.17, 15) is 0 Å². The fourth-order valence-corrected chi connectivity index (χ4v) is 1.74. The van der Waals surface area contributed by atoms with E-state index >= 15 is 0 Å². The fraction of sp³-hybridized carbons (Fsp3) is 0.333. The van der Waals surface area contributed by atoms with E-state index in [1.165, 1.54) is 5.56 Å². The Balaban J connectivity index is 2.69. The van der Waals surface area contributed by atoms with Crippen LogP contribution < -0.4 is 10.5 Å². The van der Waals surface area contributed by atoms with Crippen LogP contribution in [0.4, 0.5) is 0 Å². The number of allylic oxidation sites excluding steroid dienone is 1. The number of halogens is 1. The average Bonchev–Trinajstić information content (AvgIpc) is 2.25. The first-order chi connectivity index (χ1) is 7.27. The number of nitrogens with two attached hydrogens (primary N) is 1. The molecule has 0 saturated heterocycles. The molecule has 1 rings (SSSR count). The predicted molar refractivity (Wildman–Crippen MR) is 67.2 cm³/mol. The van der Waals surface area contributed by atoms with Gasteiger partial charge in [0.05, 0.1) is 7.11 Å². The molecule has 0 unspecified atom stereocenters. The monoisotopic (exact) mass is 269 g/mol. The second-order valence-corrected chi connectivity index (χ2v) is 4.12. The average molecular weight is 270 g/mol. The molecule has 2 N–H and O–H groups in total. The highest BCUT2D eigenvalue weighted by atomic mass is 79.9. The standard InChI is InChI=1S/C12H16BrNO/c1-15-12-7-6-11(13)9-10(12)5-3-2-4-8-14/h2-3,6-7,9H,4-5,8,14H2,1H3. The van der Waals surface area contributed by atoms with Gasteiger partial charge in [-0.05, 0) is 43.1 Å². The van der Waals surface area contributed by atoms with Crippen LogP contribution >= 0.6 is 15.9 Å². The Kier molecular flexibility index (Phi) is 5.43. The molecule has 1 aromatic carbocycles. The van der Waals surface area contributed by atoms with Crippen molar-refractivity contribution in [1.29, 1.82) is 0 Å².